The summed E-state index contributed by atoms with van der Waals surface area (Å²) in [5.74, 6) is 1.78. The van der Waals surface area contributed by atoms with Crippen molar-refractivity contribution in [1.82, 2.24) is 0 Å². The fourth-order valence-electron chi connectivity index (χ4n) is 2.14. The van der Waals surface area contributed by atoms with Crippen LogP contribution in [0.5, 0.6) is 5.75 Å². The van der Waals surface area contributed by atoms with Gasteiger partial charge >= 0.3 is 0 Å². The van der Waals surface area contributed by atoms with Gasteiger partial charge in [-0.15, -0.1) is 0 Å². The quantitative estimate of drug-likeness (QED) is 0.638. The molecular weight excluding hydrogens is 276 g/mol. The summed E-state index contributed by atoms with van der Waals surface area (Å²) in [7, 11) is 0. The van der Waals surface area contributed by atoms with E-state index in [1.54, 1.807) is 12.1 Å². The van der Waals surface area contributed by atoms with E-state index >= 15 is 0 Å². The van der Waals surface area contributed by atoms with Gasteiger partial charge in [-0.25, -0.2) is 0 Å². The van der Waals surface area contributed by atoms with Gasteiger partial charge < -0.3 is 9.15 Å². The molecule has 0 aliphatic rings. The number of furan rings is 1. The van der Waals surface area contributed by atoms with Crippen LogP contribution in [0.15, 0.2) is 71.1 Å². The summed E-state index contributed by atoms with van der Waals surface area (Å²) >= 11 is 0. The van der Waals surface area contributed by atoms with E-state index in [2.05, 4.69) is 0 Å². The topological polar surface area (TPSA) is 39.4 Å². The molecule has 0 unspecified atom stereocenters. The molecular formula is C19H16O3. The first-order valence-corrected chi connectivity index (χ1v) is 7.10. The maximum absolute atomic E-state index is 11.3. The molecule has 0 aliphatic heterocycles. The van der Waals surface area contributed by atoms with E-state index in [0.717, 1.165) is 16.9 Å². The first-order chi connectivity index (χ1) is 10.7. The summed E-state index contributed by atoms with van der Waals surface area (Å²) in [5.41, 5.74) is 2.04. The Morgan fingerprint density at radius 3 is 2.32 bits per heavy atom. The van der Waals surface area contributed by atoms with Gasteiger partial charge in [0.25, 0.3) is 0 Å². The Morgan fingerprint density at radius 2 is 1.68 bits per heavy atom. The average molecular weight is 292 g/mol. The first kappa shape index (κ1) is 14.1. The number of hydrogen-bond acceptors (Lipinski definition) is 3. The molecule has 3 heteroatoms. The van der Waals surface area contributed by atoms with Crippen LogP contribution in [-0.2, 0) is 6.61 Å². The minimum absolute atomic E-state index is 0.0749. The number of benzene rings is 2. The van der Waals surface area contributed by atoms with E-state index in [-0.39, 0.29) is 5.78 Å². The molecule has 3 nitrogen and oxygen atoms in total. The molecule has 3 aromatic rings. The van der Waals surface area contributed by atoms with Gasteiger partial charge in [-0.2, -0.15) is 0 Å². The molecule has 3 rings (SSSR count). The highest BCUT2D eigenvalue weighted by atomic mass is 16.5. The standard InChI is InChI=1S/C19H16O3/c1-14(20)18-11-12-19(22-18)16-7-9-17(10-8-16)21-13-15-5-3-2-4-6-15/h2-12H,13H2,1H3. The molecule has 0 amide bonds. The Bertz CT molecular complexity index is 755. The number of carbonyl (C=O) groups excluding carboxylic acids is 1. The van der Waals surface area contributed by atoms with Gasteiger partial charge in [-0.1, -0.05) is 30.3 Å². The summed E-state index contributed by atoms with van der Waals surface area (Å²) in [4.78, 5) is 11.3. The van der Waals surface area contributed by atoms with Crippen LogP contribution in [-0.4, -0.2) is 5.78 Å². The summed E-state index contributed by atoms with van der Waals surface area (Å²) in [6.07, 6.45) is 0. The van der Waals surface area contributed by atoms with Crippen molar-refractivity contribution in [2.24, 2.45) is 0 Å². The Hall–Kier alpha value is -2.81. The van der Waals surface area contributed by atoms with Crippen LogP contribution in [0.1, 0.15) is 23.0 Å². The van der Waals surface area contributed by atoms with Gasteiger partial charge in [-0.3, -0.25) is 4.79 Å². The highest BCUT2D eigenvalue weighted by Crippen LogP contribution is 2.25. The molecule has 0 bridgehead atoms. The third kappa shape index (κ3) is 3.26. The summed E-state index contributed by atoms with van der Waals surface area (Å²) in [6, 6.07) is 21.2. The van der Waals surface area contributed by atoms with Gasteiger partial charge in [-0.05, 0) is 42.0 Å². The average Bonchev–Trinajstić information content (AvgIpc) is 3.05. The second-order valence-electron chi connectivity index (χ2n) is 5.02. The number of ether oxygens (including phenoxy) is 1. The van der Waals surface area contributed by atoms with E-state index in [1.165, 1.54) is 6.92 Å². The van der Waals surface area contributed by atoms with Crippen molar-refractivity contribution in [3.05, 3.63) is 78.1 Å². The van der Waals surface area contributed by atoms with Crippen LogP contribution in [0.2, 0.25) is 0 Å². The van der Waals surface area contributed by atoms with Crippen LogP contribution >= 0.6 is 0 Å². The van der Waals surface area contributed by atoms with Crippen molar-refractivity contribution in [3.8, 4) is 17.1 Å². The molecule has 110 valence electrons. The fourth-order valence-corrected chi connectivity index (χ4v) is 2.14. The summed E-state index contributed by atoms with van der Waals surface area (Å²) in [6.45, 7) is 2.03. The monoisotopic (exact) mass is 292 g/mol. The number of rotatable bonds is 5. The smallest absolute Gasteiger partial charge is 0.194 e. The molecule has 0 saturated carbocycles. The van der Waals surface area contributed by atoms with Crippen molar-refractivity contribution < 1.29 is 13.9 Å². The molecule has 0 N–H and O–H groups in total. The van der Waals surface area contributed by atoms with Crippen LogP contribution in [0.4, 0.5) is 0 Å². The molecule has 0 fully saturated rings. The van der Waals surface area contributed by atoms with Crippen molar-refractivity contribution in [3.63, 3.8) is 0 Å². The predicted molar refractivity (Wildman–Crippen MR) is 84.9 cm³/mol. The summed E-state index contributed by atoms with van der Waals surface area (Å²) in [5, 5.41) is 0. The Morgan fingerprint density at radius 1 is 0.955 bits per heavy atom. The maximum atomic E-state index is 11.3. The minimum atomic E-state index is -0.0749. The zero-order valence-corrected chi connectivity index (χ0v) is 12.3. The van der Waals surface area contributed by atoms with Crippen molar-refractivity contribution in [1.29, 1.82) is 0 Å². The lowest BCUT2D eigenvalue weighted by Gasteiger charge is -2.06. The van der Waals surface area contributed by atoms with E-state index in [4.69, 9.17) is 9.15 Å². The first-order valence-electron chi connectivity index (χ1n) is 7.10. The van der Waals surface area contributed by atoms with E-state index in [0.29, 0.717) is 18.1 Å². The van der Waals surface area contributed by atoms with E-state index in [9.17, 15) is 4.79 Å². The van der Waals surface area contributed by atoms with Gasteiger partial charge in [0.05, 0.1) is 0 Å². The lowest BCUT2D eigenvalue weighted by atomic mass is 10.1. The third-order valence-corrected chi connectivity index (χ3v) is 3.34. The van der Waals surface area contributed by atoms with Gasteiger partial charge in [0.2, 0.25) is 0 Å². The van der Waals surface area contributed by atoms with Crippen LogP contribution < -0.4 is 4.74 Å². The van der Waals surface area contributed by atoms with E-state index in [1.807, 2.05) is 54.6 Å². The molecule has 2 aromatic carbocycles. The molecule has 0 saturated heterocycles. The minimum Gasteiger partial charge on any atom is -0.489 e. The Kier molecular flexibility index (Phi) is 4.05. The molecule has 0 atom stereocenters. The SMILES string of the molecule is CC(=O)c1ccc(-c2ccc(OCc3ccccc3)cc2)o1. The highest BCUT2D eigenvalue weighted by Gasteiger charge is 2.08. The number of hydrogen-bond donors (Lipinski definition) is 0. The maximum Gasteiger partial charge on any atom is 0.194 e. The van der Waals surface area contributed by atoms with Crippen molar-refractivity contribution in [2.45, 2.75) is 13.5 Å². The van der Waals surface area contributed by atoms with Crippen LogP contribution in [0.3, 0.4) is 0 Å². The fraction of sp³-hybridized carbons (Fsp3) is 0.105. The second kappa shape index (κ2) is 6.31. The molecule has 22 heavy (non-hydrogen) atoms. The van der Waals surface area contributed by atoms with Gasteiger partial charge in [0.15, 0.2) is 11.5 Å². The largest absolute Gasteiger partial charge is 0.489 e. The second-order valence-corrected chi connectivity index (χ2v) is 5.02. The Labute approximate surface area is 129 Å². The molecule has 1 heterocycles. The number of carbonyl (C=O) groups is 1. The van der Waals surface area contributed by atoms with Crippen molar-refractivity contribution >= 4 is 5.78 Å². The van der Waals surface area contributed by atoms with Crippen LogP contribution in [0.25, 0.3) is 11.3 Å². The lowest BCUT2D eigenvalue weighted by molar-refractivity contribution is 0.0988. The van der Waals surface area contributed by atoms with Gasteiger partial charge in [0.1, 0.15) is 18.1 Å². The zero-order chi connectivity index (χ0) is 15.4. The van der Waals surface area contributed by atoms with Crippen molar-refractivity contribution in [2.75, 3.05) is 0 Å². The molecule has 0 aliphatic carbocycles. The summed E-state index contributed by atoms with van der Waals surface area (Å²) < 4.78 is 11.3. The predicted octanol–water partition coefficient (Wildman–Crippen LogP) is 4.73. The normalized spacial score (nSPS) is 10.4. The molecule has 0 radical (unpaired) electrons. The van der Waals surface area contributed by atoms with Gasteiger partial charge in [0, 0.05) is 12.5 Å². The number of Topliss-reactive ketones (excluding diaryl/α,β-unsaturated/α-hetero) is 1. The third-order valence-electron chi connectivity index (χ3n) is 3.34. The van der Waals surface area contributed by atoms with E-state index < -0.39 is 0 Å². The molecule has 1 aromatic heterocycles. The highest BCUT2D eigenvalue weighted by molar-refractivity contribution is 5.91. The van der Waals surface area contributed by atoms with Crippen LogP contribution in [0, 0.1) is 0 Å². The molecule has 0 spiro atoms. The zero-order valence-electron chi connectivity index (χ0n) is 12.3. The number of ketones is 1. The lowest BCUT2D eigenvalue weighted by Crippen LogP contribution is -1.94. The Balaban J connectivity index is 1.68.